The minimum absolute atomic E-state index is 0.210. The molecule has 0 spiro atoms. The van der Waals surface area contributed by atoms with Gasteiger partial charge in [-0.15, -0.1) is 0 Å². The summed E-state index contributed by atoms with van der Waals surface area (Å²) in [5.41, 5.74) is 6.40. The third kappa shape index (κ3) is 2.91. The number of hydrogen-bond donors (Lipinski definition) is 1. The van der Waals surface area contributed by atoms with Crippen LogP contribution in [0.5, 0.6) is 0 Å². The second-order valence-electron chi connectivity index (χ2n) is 3.36. The molecule has 1 aliphatic carbocycles. The van der Waals surface area contributed by atoms with Crippen molar-refractivity contribution in [1.29, 1.82) is 0 Å². The molecule has 1 atom stereocenters. The zero-order valence-electron chi connectivity index (χ0n) is 7.42. The maximum absolute atomic E-state index is 10.5. The third-order valence-electron chi connectivity index (χ3n) is 2.05. The molecule has 0 aromatic carbocycles. The Bertz CT molecular complexity index is 228. The molecule has 0 fully saturated rings. The van der Waals surface area contributed by atoms with Crippen molar-refractivity contribution < 1.29 is 4.79 Å². The molecule has 1 rings (SSSR count). The Morgan fingerprint density at radius 2 is 2.50 bits per heavy atom. The predicted octanol–water partition coefficient (Wildman–Crippen LogP) is 1.77. The minimum atomic E-state index is -0.210. The largest absolute Gasteiger partial charge is 0.370 e. The fraction of sp³-hybridized carbons (Fsp3) is 0.500. The van der Waals surface area contributed by atoms with Crippen molar-refractivity contribution in [3.05, 3.63) is 23.8 Å². The van der Waals surface area contributed by atoms with E-state index in [0.717, 1.165) is 12.8 Å². The molecule has 1 aliphatic rings. The van der Waals surface area contributed by atoms with Crippen molar-refractivity contribution in [3.63, 3.8) is 0 Å². The van der Waals surface area contributed by atoms with Gasteiger partial charge in [-0.05, 0) is 18.8 Å². The van der Waals surface area contributed by atoms with Crippen molar-refractivity contribution in [2.24, 2.45) is 11.7 Å². The molecule has 0 aliphatic heterocycles. The number of hydrogen-bond acceptors (Lipinski definition) is 1. The van der Waals surface area contributed by atoms with Gasteiger partial charge in [0.1, 0.15) is 0 Å². The van der Waals surface area contributed by atoms with E-state index in [2.05, 4.69) is 25.2 Å². The molecular formula is C10H15NO. The van der Waals surface area contributed by atoms with Gasteiger partial charge < -0.3 is 5.73 Å². The maximum Gasteiger partial charge on any atom is 0.217 e. The quantitative estimate of drug-likeness (QED) is 0.680. The Morgan fingerprint density at radius 3 is 3.08 bits per heavy atom. The highest BCUT2D eigenvalue weighted by atomic mass is 16.1. The lowest BCUT2D eigenvalue weighted by atomic mass is 9.93. The Balaban J connectivity index is 2.37. The van der Waals surface area contributed by atoms with Crippen LogP contribution in [0.2, 0.25) is 0 Å². The van der Waals surface area contributed by atoms with Gasteiger partial charge in [0.25, 0.3) is 0 Å². The fourth-order valence-corrected chi connectivity index (χ4v) is 1.40. The number of carbonyl (C=O) groups excluding carboxylic acids is 1. The standard InChI is InChI=1S/C10H15NO/c1-8-3-2-4-9(7-8)5-6-10(11)12/h2-4,8H,5-7H2,1H3,(H2,11,12). The van der Waals surface area contributed by atoms with Crippen LogP contribution >= 0.6 is 0 Å². The van der Waals surface area contributed by atoms with E-state index in [1.54, 1.807) is 0 Å². The average molecular weight is 165 g/mol. The molecule has 0 heterocycles. The normalized spacial score (nSPS) is 22.1. The lowest BCUT2D eigenvalue weighted by Crippen LogP contribution is -2.10. The zero-order chi connectivity index (χ0) is 8.97. The second-order valence-corrected chi connectivity index (χ2v) is 3.36. The van der Waals surface area contributed by atoms with Crippen LogP contribution in [0, 0.1) is 5.92 Å². The van der Waals surface area contributed by atoms with Crippen molar-refractivity contribution in [1.82, 2.24) is 0 Å². The third-order valence-corrected chi connectivity index (χ3v) is 2.05. The highest BCUT2D eigenvalue weighted by molar-refractivity contribution is 5.74. The Kier molecular flexibility index (Phi) is 3.09. The lowest BCUT2D eigenvalue weighted by molar-refractivity contribution is -0.118. The van der Waals surface area contributed by atoms with E-state index in [-0.39, 0.29) is 5.91 Å². The molecule has 0 aromatic rings. The van der Waals surface area contributed by atoms with Crippen molar-refractivity contribution in [3.8, 4) is 0 Å². The Morgan fingerprint density at radius 1 is 1.75 bits per heavy atom. The first kappa shape index (κ1) is 9.04. The predicted molar refractivity (Wildman–Crippen MR) is 49.4 cm³/mol. The summed E-state index contributed by atoms with van der Waals surface area (Å²) in [4.78, 5) is 10.5. The molecule has 0 saturated heterocycles. The monoisotopic (exact) mass is 165 g/mol. The summed E-state index contributed by atoms with van der Waals surface area (Å²) in [6.45, 7) is 2.17. The number of carbonyl (C=O) groups is 1. The Hall–Kier alpha value is -1.05. The molecule has 1 amide bonds. The van der Waals surface area contributed by atoms with Crippen LogP contribution in [0.3, 0.4) is 0 Å². The van der Waals surface area contributed by atoms with Crippen molar-refractivity contribution >= 4 is 5.91 Å². The molecule has 66 valence electrons. The van der Waals surface area contributed by atoms with Crippen LogP contribution in [0.4, 0.5) is 0 Å². The van der Waals surface area contributed by atoms with E-state index in [1.165, 1.54) is 5.57 Å². The summed E-state index contributed by atoms with van der Waals surface area (Å²) in [6, 6.07) is 0. The number of nitrogens with two attached hydrogens (primary N) is 1. The summed E-state index contributed by atoms with van der Waals surface area (Å²) in [5.74, 6) is 0.399. The van der Waals surface area contributed by atoms with Gasteiger partial charge in [0, 0.05) is 6.42 Å². The summed E-state index contributed by atoms with van der Waals surface area (Å²) < 4.78 is 0. The lowest BCUT2D eigenvalue weighted by Gasteiger charge is -2.13. The van der Waals surface area contributed by atoms with Gasteiger partial charge in [-0.1, -0.05) is 30.7 Å². The summed E-state index contributed by atoms with van der Waals surface area (Å²) >= 11 is 0. The number of amides is 1. The first-order valence-corrected chi connectivity index (χ1v) is 4.33. The van der Waals surface area contributed by atoms with Crippen molar-refractivity contribution in [2.45, 2.75) is 26.2 Å². The van der Waals surface area contributed by atoms with Gasteiger partial charge in [-0.25, -0.2) is 0 Å². The van der Waals surface area contributed by atoms with E-state index >= 15 is 0 Å². The van der Waals surface area contributed by atoms with Crippen LogP contribution in [0.15, 0.2) is 23.8 Å². The van der Waals surface area contributed by atoms with Crippen molar-refractivity contribution in [2.75, 3.05) is 0 Å². The Labute approximate surface area is 73.1 Å². The molecule has 12 heavy (non-hydrogen) atoms. The van der Waals surface area contributed by atoms with E-state index in [0.29, 0.717) is 12.3 Å². The van der Waals surface area contributed by atoms with Crippen LogP contribution in [-0.2, 0) is 4.79 Å². The van der Waals surface area contributed by atoms with Gasteiger partial charge in [-0.2, -0.15) is 0 Å². The molecule has 0 radical (unpaired) electrons. The van der Waals surface area contributed by atoms with Gasteiger partial charge in [0.2, 0.25) is 5.91 Å². The maximum atomic E-state index is 10.5. The van der Waals surface area contributed by atoms with Gasteiger partial charge in [0.05, 0.1) is 0 Å². The van der Waals surface area contributed by atoms with E-state index in [9.17, 15) is 4.79 Å². The number of allylic oxidation sites excluding steroid dienone is 4. The van der Waals surface area contributed by atoms with Crippen LogP contribution in [0.25, 0.3) is 0 Å². The van der Waals surface area contributed by atoms with E-state index in [1.807, 2.05) is 0 Å². The molecule has 2 heteroatoms. The highest BCUT2D eigenvalue weighted by Crippen LogP contribution is 2.21. The zero-order valence-corrected chi connectivity index (χ0v) is 7.42. The molecule has 1 unspecified atom stereocenters. The topological polar surface area (TPSA) is 43.1 Å². The second kappa shape index (κ2) is 4.10. The molecule has 0 bridgehead atoms. The van der Waals surface area contributed by atoms with E-state index in [4.69, 9.17) is 5.73 Å². The van der Waals surface area contributed by atoms with Crippen LogP contribution < -0.4 is 5.73 Å². The number of primary amides is 1. The molecule has 0 aromatic heterocycles. The van der Waals surface area contributed by atoms with E-state index < -0.39 is 0 Å². The SMILES string of the molecule is CC1C=CC=C(CCC(N)=O)C1. The minimum Gasteiger partial charge on any atom is -0.370 e. The smallest absolute Gasteiger partial charge is 0.217 e. The molecular weight excluding hydrogens is 150 g/mol. The fourth-order valence-electron chi connectivity index (χ4n) is 1.40. The van der Waals surface area contributed by atoms with Crippen LogP contribution in [0.1, 0.15) is 26.2 Å². The average Bonchev–Trinajstić information content (AvgIpc) is 2.01. The molecule has 2 nitrogen and oxygen atoms in total. The molecule has 2 N–H and O–H groups in total. The number of rotatable bonds is 3. The summed E-state index contributed by atoms with van der Waals surface area (Å²) in [5, 5.41) is 0. The first-order chi connectivity index (χ1) is 5.68. The highest BCUT2D eigenvalue weighted by Gasteiger charge is 2.06. The summed E-state index contributed by atoms with van der Waals surface area (Å²) in [7, 11) is 0. The van der Waals surface area contributed by atoms with Gasteiger partial charge in [0.15, 0.2) is 0 Å². The van der Waals surface area contributed by atoms with Gasteiger partial charge in [-0.3, -0.25) is 4.79 Å². The summed E-state index contributed by atoms with van der Waals surface area (Å²) in [6.07, 6.45) is 8.70. The first-order valence-electron chi connectivity index (χ1n) is 4.33. The van der Waals surface area contributed by atoms with Crippen LogP contribution in [-0.4, -0.2) is 5.91 Å². The van der Waals surface area contributed by atoms with Gasteiger partial charge >= 0.3 is 0 Å². The molecule has 0 saturated carbocycles.